The van der Waals surface area contributed by atoms with Gasteiger partial charge in [-0.05, 0) is 26.0 Å². The molecule has 1 aromatic rings. The van der Waals surface area contributed by atoms with Crippen LogP contribution in [0.3, 0.4) is 0 Å². The second-order valence-electron chi connectivity index (χ2n) is 4.27. The van der Waals surface area contributed by atoms with E-state index >= 15 is 0 Å². The predicted molar refractivity (Wildman–Crippen MR) is 72.9 cm³/mol. The maximum Gasteiger partial charge on any atom is 0.278 e. The Morgan fingerprint density at radius 3 is 2.53 bits per heavy atom. The van der Waals surface area contributed by atoms with Gasteiger partial charge in [0.25, 0.3) is 5.91 Å². The molecule has 0 aliphatic rings. The van der Waals surface area contributed by atoms with Gasteiger partial charge in [-0.2, -0.15) is 0 Å². The van der Waals surface area contributed by atoms with Crippen molar-refractivity contribution in [2.45, 2.75) is 26.4 Å². The number of rotatable bonds is 5. The number of likely N-dealkylation sites (N-methyl/N-ethyl adjacent to an activating group) is 2. The van der Waals surface area contributed by atoms with Gasteiger partial charge in [0.05, 0.1) is 7.05 Å². The minimum Gasteiger partial charge on any atom is -0.351 e. The Hall–Kier alpha value is -0.870. The van der Waals surface area contributed by atoms with E-state index in [-0.39, 0.29) is 11.9 Å². The smallest absolute Gasteiger partial charge is 0.278 e. The number of nitrogens with one attached hydrogen (secondary N) is 2. The van der Waals surface area contributed by atoms with Crippen LogP contribution in [0.5, 0.6) is 0 Å². The molecular formula is C13H20BrN2O+. The lowest BCUT2D eigenvalue weighted by Crippen LogP contribution is -3.12. The first kappa shape index (κ1) is 14.2. The van der Waals surface area contributed by atoms with E-state index in [0.717, 1.165) is 11.0 Å². The van der Waals surface area contributed by atoms with E-state index in [1.54, 1.807) is 0 Å². The van der Waals surface area contributed by atoms with Crippen molar-refractivity contribution in [3.05, 3.63) is 34.3 Å². The van der Waals surface area contributed by atoms with E-state index < -0.39 is 0 Å². The SMILES string of the molecule is CCNC(=O)[C@H](C)[NH+](C)Cc1ccc(Br)cc1. The zero-order chi connectivity index (χ0) is 12.8. The summed E-state index contributed by atoms with van der Waals surface area (Å²) < 4.78 is 1.08. The van der Waals surface area contributed by atoms with Crippen molar-refractivity contribution in [3.63, 3.8) is 0 Å². The van der Waals surface area contributed by atoms with Gasteiger partial charge in [0.2, 0.25) is 0 Å². The minimum absolute atomic E-state index is 0.0291. The molecule has 0 aliphatic carbocycles. The Kier molecular flexibility index (Phi) is 5.65. The fourth-order valence-corrected chi connectivity index (χ4v) is 1.89. The molecule has 1 unspecified atom stereocenters. The second kappa shape index (κ2) is 6.77. The first-order valence-corrected chi connectivity index (χ1v) is 6.68. The molecule has 2 N–H and O–H groups in total. The first-order chi connectivity index (χ1) is 8.04. The molecule has 94 valence electrons. The van der Waals surface area contributed by atoms with Crippen LogP contribution in [0.1, 0.15) is 19.4 Å². The highest BCUT2D eigenvalue weighted by atomic mass is 79.9. The molecule has 0 bridgehead atoms. The third-order valence-corrected chi connectivity index (χ3v) is 3.41. The Bertz CT molecular complexity index is 364. The number of carbonyl (C=O) groups is 1. The van der Waals surface area contributed by atoms with Crippen LogP contribution in [0.15, 0.2) is 28.7 Å². The molecule has 2 atom stereocenters. The third-order valence-electron chi connectivity index (χ3n) is 2.88. The fourth-order valence-electron chi connectivity index (χ4n) is 1.63. The van der Waals surface area contributed by atoms with Gasteiger partial charge >= 0.3 is 0 Å². The monoisotopic (exact) mass is 299 g/mol. The van der Waals surface area contributed by atoms with E-state index in [2.05, 4.69) is 33.4 Å². The van der Waals surface area contributed by atoms with Crippen LogP contribution in [-0.4, -0.2) is 25.5 Å². The quantitative estimate of drug-likeness (QED) is 0.835. The van der Waals surface area contributed by atoms with Crippen LogP contribution in [0.4, 0.5) is 0 Å². The van der Waals surface area contributed by atoms with Gasteiger partial charge in [-0.15, -0.1) is 0 Å². The van der Waals surface area contributed by atoms with Gasteiger partial charge in [0.1, 0.15) is 6.54 Å². The summed E-state index contributed by atoms with van der Waals surface area (Å²) in [5.74, 6) is 0.113. The van der Waals surface area contributed by atoms with Crippen molar-refractivity contribution in [2.24, 2.45) is 0 Å². The lowest BCUT2D eigenvalue weighted by atomic mass is 10.2. The standard InChI is InChI=1S/C13H19BrN2O/c1-4-15-13(17)10(2)16(3)9-11-5-7-12(14)8-6-11/h5-8,10H,4,9H2,1-3H3,(H,15,17)/p+1/t10-/m0/s1. The molecule has 0 aliphatic heterocycles. The maximum absolute atomic E-state index is 11.7. The van der Waals surface area contributed by atoms with Gasteiger partial charge in [0.15, 0.2) is 6.04 Å². The van der Waals surface area contributed by atoms with E-state index in [1.165, 1.54) is 10.5 Å². The number of amides is 1. The Labute approximate surface area is 111 Å². The number of benzene rings is 1. The summed E-state index contributed by atoms with van der Waals surface area (Å²) in [5, 5.41) is 2.85. The van der Waals surface area contributed by atoms with Crippen LogP contribution in [0.2, 0.25) is 0 Å². The van der Waals surface area contributed by atoms with Crippen molar-refractivity contribution in [1.29, 1.82) is 0 Å². The van der Waals surface area contributed by atoms with Gasteiger partial charge < -0.3 is 10.2 Å². The average molecular weight is 300 g/mol. The summed E-state index contributed by atoms with van der Waals surface area (Å²) in [7, 11) is 2.04. The third kappa shape index (κ3) is 4.48. The fraction of sp³-hybridized carbons (Fsp3) is 0.462. The van der Waals surface area contributed by atoms with Crippen molar-refractivity contribution < 1.29 is 9.69 Å². The Balaban J connectivity index is 2.56. The molecule has 0 saturated heterocycles. The molecule has 0 heterocycles. The molecule has 0 spiro atoms. The van der Waals surface area contributed by atoms with Gasteiger partial charge in [-0.25, -0.2) is 0 Å². The second-order valence-corrected chi connectivity index (χ2v) is 5.18. The van der Waals surface area contributed by atoms with Crippen LogP contribution in [0.25, 0.3) is 0 Å². The molecule has 0 aromatic heterocycles. The molecule has 0 fully saturated rings. The van der Waals surface area contributed by atoms with Crippen LogP contribution in [-0.2, 0) is 11.3 Å². The average Bonchev–Trinajstić information content (AvgIpc) is 2.31. The summed E-state index contributed by atoms with van der Waals surface area (Å²) in [5.41, 5.74) is 1.24. The highest BCUT2D eigenvalue weighted by Gasteiger charge is 2.20. The molecule has 3 nitrogen and oxygen atoms in total. The van der Waals surface area contributed by atoms with Crippen molar-refractivity contribution in [1.82, 2.24) is 5.32 Å². The molecule has 1 rings (SSSR count). The lowest BCUT2D eigenvalue weighted by Gasteiger charge is -2.20. The van der Waals surface area contributed by atoms with Crippen LogP contribution in [0, 0.1) is 0 Å². The number of halogens is 1. The molecule has 1 amide bonds. The predicted octanol–water partition coefficient (Wildman–Crippen LogP) is 0.988. The highest BCUT2D eigenvalue weighted by Crippen LogP contribution is 2.09. The van der Waals surface area contributed by atoms with Crippen LogP contribution >= 0.6 is 15.9 Å². The summed E-state index contributed by atoms with van der Waals surface area (Å²) in [6, 6.07) is 8.19. The largest absolute Gasteiger partial charge is 0.351 e. The van der Waals surface area contributed by atoms with Crippen LogP contribution < -0.4 is 10.2 Å². The first-order valence-electron chi connectivity index (χ1n) is 5.89. The van der Waals surface area contributed by atoms with Crippen molar-refractivity contribution in [2.75, 3.05) is 13.6 Å². The number of quaternary nitrogens is 1. The topological polar surface area (TPSA) is 33.5 Å². The molecular weight excluding hydrogens is 280 g/mol. The number of carbonyl (C=O) groups excluding carboxylic acids is 1. The molecule has 0 radical (unpaired) electrons. The van der Waals surface area contributed by atoms with Gasteiger partial charge in [0, 0.05) is 16.6 Å². The molecule has 17 heavy (non-hydrogen) atoms. The summed E-state index contributed by atoms with van der Waals surface area (Å²) in [6.45, 7) is 5.44. The van der Waals surface area contributed by atoms with Gasteiger partial charge in [-0.1, -0.05) is 28.1 Å². The number of hydrogen-bond acceptors (Lipinski definition) is 1. The zero-order valence-corrected chi connectivity index (χ0v) is 12.2. The Morgan fingerprint density at radius 1 is 1.41 bits per heavy atom. The molecule has 0 saturated carbocycles. The molecule has 1 aromatic carbocycles. The van der Waals surface area contributed by atoms with E-state index in [0.29, 0.717) is 6.54 Å². The zero-order valence-electron chi connectivity index (χ0n) is 10.6. The summed E-state index contributed by atoms with van der Waals surface area (Å²) in [6.07, 6.45) is 0. The van der Waals surface area contributed by atoms with E-state index in [1.807, 2.05) is 33.0 Å². The lowest BCUT2D eigenvalue weighted by molar-refractivity contribution is -0.908. The number of hydrogen-bond donors (Lipinski definition) is 2. The summed E-state index contributed by atoms with van der Waals surface area (Å²) in [4.78, 5) is 12.9. The maximum atomic E-state index is 11.7. The van der Waals surface area contributed by atoms with Gasteiger partial charge in [-0.3, -0.25) is 4.79 Å². The minimum atomic E-state index is -0.0291. The van der Waals surface area contributed by atoms with E-state index in [4.69, 9.17) is 0 Å². The van der Waals surface area contributed by atoms with E-state index in [9.17, 15) is 4.79 Å². The Morgan fingerprint density at radius 2 is 2.00 bits per heavy atom. The highest BCUT2D eigenvalue weighted by molar-refractivity contribution is 9.10. The van der Waals surface area contributed by atoms with Crippen molar-refractivity contribution >= 4 is 21.8 Å². The summed E-state index contributed by atoms with van der Waals surface area (Å²) >= 11 is 3.41. The van der Waals surface area contributed by atoms with Crippen molar-refractivity contribution in [3.8, 4) is 0 Å². The molecule has 4 heteroatoms. The normalized spacial score (nSPS) is 14.1.